The molecular formula is C21H24Cl2FN3O3S2. The number of carbonyl (C=O) groups is 1. The van der Waals surface area contributed by atoms with E-state index in [0.29, 0.717) is 23.2 Å². The third kappa shape index (κ3) is 6.39. The molecule has 2 aromatic carbocycles. The van der Waals surface area contributed by atoms with Gasteiger partial charge in [-0.3, -0.25) is 9.69 Å². The molecule has 0 bridgehead atoms. The van der Waals surface area contributed by atoms with Crippen molar-refractivity contribution in [2.45, 2.75) is 18.2 Å². The zero-order valence-corrected chi connectivity index (χ0v) is 21.0. The summed E-state index contributed by atoms with van der Waals surface area (Å²) in [6.07, 6.45) is -0.206. The molecule has 3 rings (SSSR count). The first kappa shape index (κ1) is 26.5. The lowest BCUT2D eigenvalue weighted by molar-refractivity contribution is -0.118. The van der Waals surface area contributed by atoms with Crippen LogP contribution in [0.25, 0.3) is 10.2 Å². The third-order valence-corrected chi connectivity index (χ3v) is 7.67. The van der Waals surface area contributed by atoms with Crippen molar-refractivity contribution in [3.05, 3.63) is 52.8 Å². The molecule has 0 radical (unpaired) electrons. The van der Waals surface area contributed by atoms with E-state index in [1.807, 2.05) is 32.0 Å². The minimum atomic E-state index is -3.72. The molecule has 0 aliphatic carbocycles. The van der Waals surface area contributed by atoms with Crippen molar-refractivity contribution in [1.82, 2.24) is 9.88 Å². The van der Waals surface area contributed by atoms with Gasteiger partial charge < -0.3 is 4.90 Å². The lowest BCUT2D eigenvalue weighted by atomic mass is 10.2. The van der Waals surface area contributed by atoms with Crippen molar-refractivity contribution >= 4 is 66.4 Å². The summed E-state index contributed by atoms with van der Waals surface area (Å²) in [5, 5.41) is 1.10. The van der Waals surface area contributed by atoms with Gasteiger partial charge in [0.1, 0.15) is 5.82 Å². The number of aryl methyl sites for hydroxylation is 1. The predicted octanol–water partition coefficient (Wildman–Crippen LogP) is 4.58. The number of hydrogen-bond acceptors (Lipinski definition) is 6. The average molecular weight is 520 g/mol. The Morgan fingerprint density at radius 1 is 1.16 bits per heavy atom. The summed E-state index contributed by atoms with van der Waals surface area (Å²) >= 11 is 7.49. The Morgan fingerprint density at radius 3 is 2.44 bits per heavy atom. The highest BCUT2D eigenvalue weighted by Crippen LogP contribution is 2.33. The van der Waals surface area contributed by atoms with Crippen molar-refractivity contribution < 1.29 is 17.6 Å². The van der Waals surface area contributed by atoms with E-state index >= 15 is 0 Å². The highest BCUT2D eigenvalue weighted by Gasteiger charge is 2.23. The van der Waals surface area contributed by atoms with Gasteiger partial charge in [-0.25, -0.2) is 17.8 Å². The van der Waals surface area contributed by atoms with Crippen molar-refractivity contribution in [3.63, 3.8) is 0 Å². The predicted molar refractivity (Wildman–Crippen MR) is 131 cm³/mol. The van der Waals surface area contributed by atoms with Gasteiger partial charge in [0.15, 0.2) is 15.0 Å². The SMILES string of the molecule is Cc1cc(Cl)cc2sc(N(CCN(C)C)C(=O)CCS(=O)(=O)c3ccc(F)cc3)nc12.Cl. The summed E-state index contributed by atoms with van der Waals surface area (Å²) in [6, 6.07) is 8.21. The quantitative estimate of drug-likeness (QED) is 0.407. The Labute approximate surface area is 202 Å². The fourth-order valence-electron chi connectivity index (χ4n) is 3.00. The van der Waals surface area contributed by atoms with Crippen LogP contribution in [0.3, 0.4) is 0 Å². The van der Waals surface area contributed by atoms with Gasteiger partial charge in [0.05, 0.1) is 20.9 Å². The number of carbonyl (C=O) groups excluding carboxylic acids is 1. The number of likely N-dealkylation sites (N-methyl/N-ethyl adjacent to an activating group) is 1. The molecule has 0 saturated heterocycles. The first-order chi connectivity index (χ1) is 14.6. The van der Waals surface area contributed by atoms with E-state index in [2.05, 4.69) is 4.98 Å². The molecule has 0 unspecified atom stereocenters. The molecule has 0 fully saturated rings. The van der Waals surface area contributed by atoms with Crippen LogP contribution < -0.4 is 4.90 Å². The molecule has 174 valence electrons. The molecule has 0 aliphatic rings. The van der Waals surface area contributed by atoms with Crippen molar-refractivity contribution in [2.24, 2.45) is 0 Å². The van der Waals surface area contributed by atoms with Gasteiger partial charge in [0.2, 0.25) is 5.91 Å². The molecular weight excluding hydrogens is 496 g/mol. The number of rotatable bonds is 8. The molecule has 1 aromatic heterocycles. The van der Waals surface area contributed by atoms with Crippen LogP contribution in [0.15, 0.2) is 41.3 Å². The first-order valence-corrected chi connectivity index (χ1v) is 12.4. The van der Waals surface area contributed by atoms with Crippen molar-refractivity contribution in [2.75, 3.05) is 37.8 Å². The zero-order chi connectivity index (χ0) is 22.8. The van der Waals surface area contributed by atoms with Crippen LogP contribution >= 0.6 is 35.3 Å². The van der Waals surface area contributed by atoms with Gasteiger partial charge in [0, 0.05) is 24.5 Å². The number of thiazole rings is 1. The molecule has 0 saturated carbocycles. The number of sulfone groups is 1. The second-order valence-corrected chi connectivity index (χ2v) is 11.0. The van der Waals surface area contributed by atoms with Crippen LogP contribution in [-0.4, -0.2) is 57.1 Å². The van der Waals surface area contributed by atoms with E-state index < -0.39 is 15.7 Å². The Balaban J connectivity index is 0.00000363. The summed E-state index contributed by atoms with van der Waals surface area (Å²) in [5.41, 5.74) is 1.68. The molecule has 1 amide bonds. The zero-order valence-electron chi connectivity index (χ0n) is 17.8. The highest BCUT2D eigenvalue weighted by molar-refractivity contribution is 7.91. The normalized spacial score (nSPS) is 11.6. The van der Waals surface area contributed by atoms with Gasteiger partial charge in [-0.1, -0.05) is 22.9 Å². The van der Waals surface area contributed by atoms with Crippen molar-refractivity contribution in [3.8, 4) is 0 Å². The Hall–Kier alpha value is -1.78. The van der Waals surface area contributed by atoms with Gasteiger partial charge in [-0.05, 0) is 63.0 Å². The van der Waals surface area contributed by atoms with E-state index in [0.717, 1.165) is 27.9 Å². The summed E-state index contributed by atoms with van der Waals surface area (Å²) < 4.78 is 39.1. The maximum atomic E-state index is 13.1. The van der Waals surface area contributed by atoms with Crippen LogP contribution in [0.2, 0.25) is 5.02 Å². The van der Waals surface area contributed by atoms with Crippen LogP contribution in [0.4, 0.5) is 9.52 Å². The van der Waals surface area contributed by atoms with Crippen LogP contribution in [0, 0.1) is 12.7 Å². The van der Waals surface area contributed by atoms with Crippen molar-refractivity contribution in [1.29, 1.82) is 0 Å². The molecule has 3 aromatic rings. The molecule has 32 heavy (non-hydrogen) atoms. The third-order valence-electron chi connectivity index (χ3n) is 4.70. The number of halogens is 3. The average Bonchev–Trinajstić information content (AvgIpc) is 3.10. The topological polar surface area (TPSA) is 70.6 Å². The number of aromatic nitrogens is 1. The van der Waals surface area contributed by atoms with Crippen LogP contribution in [-0.2, 0) is 14.6 Å². The van der Waals surface area contributed by atoms with Gasteiger partial charge in [-0.15, -0.1) is 12.4 Å². The van der Waals surface area contributed by atoms with E-state index in [9.17, 15) is 17.6 Å². The Morgan fingerprint density at radius 2 is 1.81 bits per heavy atom. The molecule has 6 nitrogen and oxygen atoms in total. The monoisotopic (exact) mass is 519 g/mol. The maximum absolute atomic E-state index is 13.1. The largest absolute Gasteiger partial charge is 0.308 e. The molecule has 11 heteroatoms. The van der Waals surface area contributed by atoms with Crippen LogP contribution in [0.5, 0.6) is 0 Å². The summed E-state index contributed by atoms with van der Waals surface area (Å²) in [4.78, 5) is 21.1. The second-order valence-electron chi connectivity index (χ2n) is 7.44. The fraction of sp³-hybridized carbons (Fsp3) is 0.333. The van der Waals surface area contributed by atoms with Gasteiger partial charge in [0.25, 0.3) is 0 Å². The Kier molecular flexibility index (Phi) is 9.01. The summed E-state index contributed by atoms with van der Waals surface area (Å²) in [6.45, 7) is 2.86. The summed E-state index contributed by atoms with van der Waals surface area (Å²) in [7, 11) is 0.0705. The Bertz CT molecular complexity index is 1200. The second kappa shape index (κ2) is 10.9. The fourth-order valence-corrected chi connectivity index (χ4v) is 5.69. The minimum Gasteiger partial charge on any atom is -0.308 e. The number of nitrogens with zero attached hydrogens (tertiary/aromatic N) is 3. The minimum absolute atomic E-state index is 0. The molecule has 0 N–H and O–H groups in total. The van der Waals surface area contributed by atoms with E-state index in [4.69, 9.17) is 11.6 Å². The van der Waals surface area contributed by atoms with E-state index in [1.54, 1.807) is 6.07 Å². The highest BCUT2D eigenvalue weighted by atomic mass is 35.5. The molecule has 1 heterocycles. The number of amides is 1. The standard InChI is InChI=1S/C21H23ClFN3O3S2.ClH/c1-14-12-15(22)13-18-20(14)24-21(30-18)26(10-9-25(2)3)19(27)8-11-31(28,29)17-6-4-16(23)5-7-17;/h4-7,12-13H,8-11H2,1-3H3;1H. The number of hydrogen-bond donors (Lipinski definition) is 0. The van der Waals surface area contributed by atoms with E-state index in [-0.39, 0.29) is 35.4 Å². The van der Waals surface area contributed by atoms with Gasteiger partial charge in [-0.2, -0.15) is 0 Å². The lowest BCUT2D eigenvalue weighted by Gasteiger charge is -2.22. The number of fused-ring (bicyclic) bond motifs is 1. The molecule has 0 atom stereocenters. The lowest BCUT2D eigenvalue weighted by Crippen LogP contribution is -2.37. The van der Waals surface area contributed by atoms with Crippen LogP contribution in [0.1, 0.15) is 12.0 Å². The number of anilines is 1. The molecule has 0 spiro atoms. The maximum Gasteiger partial charge on any atom is 0.229 e. The number of benzene rings is 2. The summed E-state index contributed by atoms with van der Waals surface area (Å²) in [5.74, 6) is -1.22. The van der Waals surface area contributed by atoms with E-state index in [1.165, 1.54) is 28.4 Å². The smallest absolute Gasteiger partial charge is 0.229 e. The van der Waals surface area contributed by atoms with Gasteiger partial charge >= 0.3 is 0 Å². The molecule has 0 aliphatic heterocycles. The first-order valence-electron chi connectivity index (χ1n) is 9.57.